The summed E-state index contributed by atoms with van der Waals surface area (Å²) in [5, 5.41) is 0. The van der Waals surface area contributed by atoms with E-state index in [-0.39, 0.29) is 12.0 Å². The SMILES string of the molecule is O=C([C@H]1CCCN(Cc2ccco2)C1)N1CCC(Oc2ccncc2)CC1. The summed E-state index contributed by atoms with van der Waals surface area (Å²) in [5.41, 5.74) is 0. The number of hydrogen-bond donors (Lipinski definition) is 0. The number of aromatic nitrogens is 1. The molecule has 2 aromatic rings. The van der Waals surface area contributed by atoms with Crippen LogP contribution in [0.2, 0.25) is 0 Å². The fourth-order valence-corrected chi connectivity index (χ4v) is 4.09. The van der Waals surface area contributed by atoms with Crippen LogP contribution >= 0.6 is 0 Å². The quantitative estimate of drug-likeness (QED) is 0.811. The van der Waals surface area contributed by atoms with Crippen LogP contribution in [0.15, 0.2) is 47.3 Å². The molecule has 1 amide bonds. The third-order valence-electron chi connectivity index (χ3n) is 5.52. The highest BCUT2D eigenvalue weighted by Crippen LogP contribution is 2.24. The molecule has 0 N–H and O–H groups in total. The molecule has 1 atom stereocenters. The zero-order chi connectivity index (χ0) is 18.5. The number of carbonyl (C=O) groups excluding carboxylic acids is 1. The van der Waals surface area contributed by atoms with Gasteiger partial charge in [-0.25, -0.2) is 0 Å². The number of ether oxygens (including phenoxy) is 1. The Hall–Kier alpha value is -2.34. The molecule has 4 heterocycles. The van der Waals surface area contributed by atoms with Gasteiger partial charge >= 0.3 is 0 Å². The molecule has 0 aliphatic carbocycles. The molecule has 0 saturated carbocycles. The van der Waals surface area contributed by atoms with Crippen molar-refractivity contribution in [2.75, 3.05) is 26.2 Å². The van der Waals surface area contributed by atoms with E-state index in [1.165, 1.54) is 0 Å². The van der Waals surface area contributed by atoms with Gasteiger partial charge in [0.1, 0.15) is 17.6 Å². The number of furan rings is 1. The topological polar surface area (TPSA) is 58.8 Å². The monoisotopic (exact) mass is 369 g/mol. The number of rotatable bonds is 5. The first kappa shape index (κ1) is 18.0. The first-order valence-corrected chi connectivity index (χ1v) is 9.88. The minimum atomic E-state index is 0.103. The first-order chi connectivity index (χ1) is 13.3. The summed E-state index contributed by atoms with van der Waals surface area (Å²) in [7, 11) is 0. The number of nitrogens with zero attached hydrogens (tertiary/aromatic N) is 3. The number of likely N-dealkylation sites (tertiary alicyclic amines) is 2. The molecule has 2 saturated heterocycles. The average molecular weight is 369 g/mol. The van der Waals surface area contributed by atoms with Gasteiger partial charge < -0.3 is 14.1 Å². The number of amides is 1. The van der Waals surface area contributed by atoms with E-state index >= 15 is 0 Å². The number of piperidine rings is 2. The van der Waals surface area contributed by atoms with E-state index in [4.69, 9.17) is 9.15 Å². The third-order valence-corrected chi connectivity index (χ3v) is 5.52. The maximum atomic E-state index is 13.0. The summed E-state index contributed by atoms with van der Waals surface area (Å²) in [6, 6.07) is 7.68. The molecule has 27 heavy (non-hydrogen) atoms. The van der Waals surface area contributed by atoms with E-state index in [0.717, 1.165) is 69.9 Å². The van der Waals surface area contributed by atoms with Gasteiger partial charge in [-0.3, -0.25) is 14.7 Å². The van der Waals surface area contributed by atoms with Gasteiger partial charge in [-0.2, -0.15) is 0 Å². The Kier molecular flexibility index (Phi) is 5.72. The highest BCUT2D eigenvalue weighted by molar-refractivity contribution is 5.79. The van der Waals surface area contributed by atoms with Gasteiger partial charge in [0.25, 0.3) is 0 Å². The Morgan fingerprint density at radius 3 is 2.70 bits per heavy atom. The van der Waals surface area contributed by atoms with Gasteiger partial charge in [-0.1, -0.05) is 0 Å². The molecule has 0 radical (unpaired) electrons. The van der Waals surface area contributed by atoms with Crippen molar-refractivity contribution in [3.63, 3.8) is 0 Å². The van der Waals surface area contributed by atoms with Crippen LogP contribution in [0, 0.1) is 5.92 Å². The van der Waals surface area contributed by atoms with E-state index in [0.29, 0.717) is 5.91 Å². The summed E-state index contributed by atoms with van der Waals surface area (Å²) in [4.78, 5) is 21.4. The molecule has 0 spiro atoms. The molecule has 144 valence electrons. The Bertz CT molecular complexity index is 712. The van der Waals surface area contributed by atoms with Gasteiger partial charge in [0.05, 0.1) is 18.7 Å². The fourth-order valence-electron chi connectivity index (χ4n) is 4.09. The van der Waals surface area contributed by atoms with E-state index < -0.39 is 0 Å². The Labute approximate surface area is 160 Å². The molecule has 6 heteroatoms. The van der Waals surface area contributed by atoms with Crippen LogP contribution in [0.4, 0.5) is 0 Å². The Morgan fingerprint density at radius 2 is 1.96 bits per heavy atom. The standard InChI is InChI=1S/C21H27N3O3/c25-21(17-3-1-11-23(15-17)16-20-4-2-14-26-20)24-12-7-19(8-13-24)27-18-5-9-22-10-6-18/h2,4-6,9-10,14,17,19H,1,3,7-8,11-13,15-16H2/t17-/m0/s1. The molecule has 2 aliphatic heterocycles. The van der Waals surface area contributed by atoms with Crippen molar-refractivity contribution in [1.82, 2.24) is 14.8 Å². The first-order valence-electron chi connectivity index (χ1n) is 9.88. The molecule has 0 bridgehead atoms. The predicted octanol–water partition coefficient (Wildman–Crippen LogP) is 2.96. The number of carbonyl (C=O) groups is 1. The summed E-state index contributed by atoms with van der Waals surface area (Å²) >= 11 is 0. The smallest absolute Gasteiger partial charge is 0.226 e. The second kappa shape index (κ2) is 8.57. The van der Waals surface area contributed by atoms with Crippen LogP contribution < -0.4 is 4.74 Å². The molecular formula is C21H27N3O3. The van der Waals surface area contributed by atoms with E-state index in [1.807, 2.05) is 29.2 Å². The fraction of sp³-hybridized carbons (Fsp3) is 0.524. The normalized spacial score (nSPS) is 21.9. The molecule has 4 rings (SSSR count). The summed E-state index contributed by atoms with van der Waals surface area (Å²) < 4.78 is 11.5. The van der Waals surface area contributed by atoms with Gasteiger partial charge in [0, 0.05) is 44.9 Å². The lowest BCUT2D eigenvalue weighted by atomic mass is 9.95. The third kappa shape index (κ3) is 4.69. The maximum absolute atomic E-state index is 13.0. The number of hydrogen-bond acceptors (Lipinski definition) is 5. The minimum Gasteiger partial charge on any atom is -0.490 e. The average Bonchev–Trinajstić information content (AvgIpc) is 3.22. The lowest BCUT2D eigenvalue weighted by Crippen LogP contribution is -2.48. The van der Waals surface area contributed by atoms with E-state index in [2.05, 4.69) is 9.88 Å². The van der Waals surface area contributed by atoms with E-state index in [9.17, 15) is 4.79 Å². The molecule has 6 nitrogen and oxygen atoms in total. The van der Waals surface area contributed by atoms with Gasteiger partial charge in [0.15, 0.2) is 0 Å². The largest absolute Gasteiger partial charge is 0.490 e. The zero-order valence-electron chi connectivity index (χ0n) is 15.6. The molecular weight excluding hydrogens is 342 g/mol. The lowest BCUT2D eigenvalue weighted by molar-refractivity contribution is -0.139. The van der Waals surface area contributed by atoms with Crippen molar-refractivity contribution in [3.05, 3.63) is 48.7 Å². The van der Waals surface area contributed by atoms with Crippen LogP contribution in [-0.4, -0.2) is 53.0 Å². The highest BCUT2D eigenvalue weighted by atomic mass is 16.5. The molecule has 0 aromatic carbocycles. The molecule has 2 aromatic heterocycles. The molecule has 0 unspecified atom stereocenters. The van der Waals surface area contributed by atoms with Crippen LogP contribution in [-0.2, 0) is 11.3 Å². The minimum absolute atomic E-state index is 0.103. The van der Waals surface area contributed by atoms with Crippen molar-refractivity contribution in [3.8, 4) is 5.75 Å². The van der Waals surface area contributed by atoms with Crippen LogP contribution in [0.3, 0.4) is 0 Å². The summed E-state index contributed by atoms with van der Waals surface area (Å²) in [6.07, 6.45) is 9.20. The van der Waals surface area contributed by atoms with Crippen LogP contribution in [0.5, 0.6) is 5.75 Å². The Balaban J connectivity index is 1.26. The van der Waals surface area contributed by atoms with Crippen LogP contribution in [0.1, 0.15) is 31.4 Å². The maximum Gasteiger partial charge on any atom is 0.226 e. The predicted molar refractivity (Wildman–Crippen MR) is 101 cm³/mol. The zero-order valence-corrected chi connectivity index (χ0v) is 15.6. The van der Waals surface area contributed by atoms with Crippen molar-refractivity contribution >= 4 is 5.91 Å². The summed E-state index contributed by atoms with van der Waals surface area (Å²) in [6.45, 7) is 4.21. The van der Waals surface area contributed by atoms with Crippen molar-refractivity contribution in [1.29, 1.82) is 0 Å². The van der Waals surface area contributed by atoms with Crippen molar-refractivity contribution < 1.29 is 13.9 Å². The highest BCUT2D eigenvalue weighted by Gasteiger charge is 2.32. The van der Waals surface area contributed by atoms with Gasteiger partial charge in [-0.15, -0.1) is 0 Å². The number of pyridine rings is 1. The second-order valence-electron chi connectivity index (χ2n) is 7.48. The molecule has 2 fully saturated rings. The van der Waals surface area contributed by atoms with E-state index in [1.54, 1.807) is 18.7 Å². The summed E-state index contributed by atoms with van der Waals surface area (Å²) in [5.74, 6) is 2.24. The van der Waals surface area contributed by atoms with Crippen molar-refractivity contribution in [2.24, 2.45) is 5.92 Å². The van der Waals surface area contributed by atoms with Crippen molar-refractivity contribution in [2.45, 2.75) is 38.3 Å². The molecule has 2 aliphatic rings. The van der Waals surface area contributed by atoms with Gasteiger partial charge in [0.2, 0.25) is 5.91 Å². The Morgan fingerprint density at radius 1 is 1.15 bits per heavy atom. The lowest BCUT2D eigenvalue weighted by Gasteiger charge is -2.37. The van der Waals surface area contributed by atoms with Crippen LogP contribution in [0.25, 0.3) is 0 Å². The van der Waals surface area contributed by atoms with Gasteiger partial charge in [-0.05, 0) is 43.7 Å². The second-order valence-corrected chi connectivity index (χ2v) is 7.48.